The third-order valence-electron chi connectivity index (χ3n) is 4.95. The van der Waals surface area contributed by atoms with Crippen LogP contribution >= 0.6 is 23.4 Å². The van der Waals surface area contributed by atoms with Crippen molar-refractivity contribution in [3.8, 4) is 5.69 Å². The van der Waals surface area contributed by atoms with Crippen LogP contribution in [0.1, 0.15) is 11.4 Å². The Morgan fingerprint density at radius 1 is 0.969 bits per heavy atom. The molecule has 0 N–H and O–H groups in total. The van der Waals surface area contributed by atoms with E-state index >= 15 is 0 Å². The Hall–Kier alpha value is -3.49. The van der Waals surface area contributed by atoms with Crippen LogP contribution in [-0.4, -0.2) is 29.3 Å². The van der Waals surface area contributed by atoms with Crippen molar-refractivity contribution in [1.29, 1.82) is 0 Å². The van der Waals surface area contributed by atoms with Crippen molar-refractivity contribution in [3.05, 3.63) is 106 Å². The zero-order valence-corrected chi connectivity index (χ0v) is 18.4. The number of rotatable bonds is 6. The molecule has 158 valence electrons. The SMILES string of the molecule is O=c1c2ccccc2ncn1Cc1nncn1-c1cccc(SCc2ccc(Cl)nc2)c1. The Bertz CT molecular complexity index is 1450. The fourth-order valence-corrected chi connectivity index (χ4v) is 4.33. The molecule has 0 fully saturated rings. The smallest absolute Gasteiger partial charge is 0.261 e. The second kappa shape index (κ2) is 8.94. The molecule has 0 aliphatic carbocycles. The third kappa shape index (κ3) is 4.28. The number of hydrogen-bond donors (Lipinski definition) is 0. The van der Waals surface area contributed by atoms with E-state index in [0.29, 0.717) is 21.9 Å². The predicted octanol–water partition coefficient (Wildman–Crippen LogP) is 4.37. The molecule has 9 heteroatoms. The summed E-state index contributed by atoms with van der Waals surface area (Å²) in [6.45, 7) is 0.268. The van der Waals surface area contributed by atoms with E-state index in [2.05, 4.69) is 32.3 Å². The van der Waals surface area contributed by atoms with Gasteiger partial charge < -0.3 is 0 Å². The number of benzene rings is 2. The topological polar surface area (TPSA) is 78.5 Å². The molecule has 0 aliphatic heterocycles. The van der Waals surface area contributed by atoms with Gasteiger partial charge in [-0.3, -0.25) is 13.9 Å². The lowest BCUT2D eigenvalue weighted by Gasteiger charge is -2.10. The van der Waals surface area contributed by atoms with Gasteiger partial charge in [0.05, 0.1) is 23.8 Å². The van der Waals surface area contributed by atoms with Crippen molar-refractivity contribution in [2.24, 2.45) is 0 Å². The van der Waals surface area contributed by atoms with E-state index in [0.717, 1.165) is 21.9 Å². The largest absolute Gasteiger partial charge is 0.291 e. The van der Waals surface area contributed by atoms with Gasteiger partial charge in [0.2, 0.25) is 0 Å². The zero-order chi connectivity index (χ0) is 21.9. The van der Waals surface area contributed by atoms with Gasteiger partial charge in [0.1, 0.15) is 11.5 Å². The van der Waals surface area contributed by atoms with Gasteiger partial charge in [-0.2, -0.15) is 0 Å². The van der Waals surface area contributed by atoms with Gasteiger partial charge in [-0.05, 0) is 42.0 Å². The number of hydrogen-bond acceptors (Lipinski definition) is 6. The summed E-state index contributed by atoms with van der Waals surface area (Å²) in [6, 6.07) is 19.2. The maximum atomic E-state index is 12.8. The van der Waals surface area contributed by atoms with Crippen LogP contribution in [0, 0.1) is 0 Å². The van der Waals surface area contributed by atoms with Crippen molar-refractivity contribution in [2.45, 2.75) is 17.2 Å². The van der Waals surface area contributed by atoms with E-state index < -0.39 is 0 Å². The molecule has 32 heavy (non-hydrogen) atoms. The first-order valence-electron chi connectivity index (χ1n) is 9.84. The first-order chi connectivity index (χ1) is 15.7. The van der Waals surface area contributed by atoms with Gasteiger partial charge in [0.15, 0.2) is 5.82 Å². The van der Waals surface area contributed by atoms with E-state index in [-0.39, 0.29) is 12.1 Å². The summed E-state index contributed by atoms with van der Waals surface area (Å²) in [7, 11) is 0. The molecule has 0 aliphatic rings. The van der Waals surface area contributed by atoms with E-state index in [4.69, 9.17) is 11.6 Å². The summed E-state index contributed by atoms with van der Waals surface area (Å²) in [5.74, 6) is 1.43. The van der Waals surface area contributed by atoms with Crippen LogP contribution in [0.2, 0.25) is 5.15 Å². The number of thioether (sulfide) groups is 1. The lowest BCUT2D eigenvalue weighted by Crippen LogP contribution is -2.22. The molecule has 3 heterocycles. The van der Waals surface area contributed by atoms with E-state index in [9.17, 15) is 4.79 Å². The molecule has 0 saturated heterocycles. The average Bonchev–Trinajstić information content (AvgIpc) is 3.29. The lowest BCUT2D eigenvalue weighted by atomic mass is 10.2. The van der Waals surface area contributed by atoms with Gasteiger partial charge in [0.25, 0.3) is 5.56 Å². The molecule has 5 aromatic rings. The number of pyridine rings is 1. The molecule has 0 unspecified atom stereocenters. The average molecular weight is 461 g/mol. The first kappa shape index (κ1) is 20.4. The molecule has 0 saturated carbocycles. The monoisotopic (exact) mass is 460 g/mol. The number of nitrogens with zero attached hydrogens (tertiary/aromatic N) is 6. The second-order valence-electron chi connectivity index (χ2n) is 7.09. The van der Waals surface area contributed by atoms with Crippen LogP contribution in [0.15, 0.2) is 89.2 Å². The molecular weight excluding hydrogens is 444 g/mol. The fraction of sp³-hybridized carbons (Fsp3) is 0.0870. The summed E-state index contributed by atoms with van der Waals surface area (Å²) in [5.41, 5.74) is 2.59. The molecule has 0 radical (unpaired) electrons. The first-order valence-corrected chi connectivity index (χ1v) is 11.2. The van der Waals surface area contributed by atoms with Crippen molar-refractivity contribution < 1.29 is 0 Å². The molecule has 0 atom stereocenters. The highest BCUT2D eigenvalue weighted by Gasteiger charge is 2.11. The maximum Gasteiger partial charge on any atom is 0.261 e. The maximum absolute atomic E-state index is 12.8. The van der Waals surface area contributed by atoms with Crippen LogP contribution in [0.25, 0.3) is 16.6 Å². The highest BCUT2D eigenvalue weighted by atomic mass is 35.5. The van der Waals surface area contributed by atoms with E-state index in [1.54, 1.807) is 47.3 Å². The summed E-state index contributed by atoms with van der Waals surface area (Å²) >= 11 is 7.56. The van der Waals surface area contributed by atoms with Crippen LogP contribution in [0.3, 0.4) is 0 Å². The Morgan fingerprint density at radius 2 is 1.88 bits per heavy atom. The van der Waals surface area contributed by atoms with E-state index in [1.165, 1.54) is 0 Å². The van der Waals surface area contributed by atoms with Crippen molar-refractivity contribution >= 4 is 34.3 Å². The van der Waals surface area contributed by atoms with Gasteiger partial charge >= 0.3 is 0 Å². The summed E-state index contributed by atoms with van der Waals surface area (Å²) in [5, 5.41) is 9.37. The van der Waals surface area contributed by atoms with Crippen molar-refractivity contribution in [1.82, 2.24) is 29.3 Å². The van der Waals surface area contributed by atoms with E-state index in [1.807, 2.05) is 41.0 Å². The van der Waals surface area contributed by atoms with Crippen LogP contribution < -0.4 is 5.56 Å². The van der Waals surface area contributed by atoms with Gasteiger partial charge in [0, 0.05) is 22.5 Å². The zero-order valence-electron chi connectivity index (χ0n) is 16.8. The minimum absolute atomic E-state index is 0.106. The Balaban J connectivity index is 1.39. The standard InChI is InChI=1S/C23H17ClN6OS/c24-21-9-8-16(11-25-21)13-32-18-5-3-4-17(10-18)30-15-27-28-22(30)12-29-14-26-20-7-2-1-6-19(20)23(29)31/h1-11,14-15H,12-13H2. The molecule has 2 aromatic carbocycles. The number of para-hydroxylation sites is 1. The van der Waals surface area contributed by atoms with Crippen LogP contribution in [0.4, 0.5) is 0 Å². The normalized spacial score (nSPS) is 11.2. The molecule has 0 amide bonds. The summed E-state index contributed by atoms with van der Waals surface area (Å²) in [6.07, 6.45) is 4.99. The Morgan fingerprint density at radius 3 is 2.75 bits per heavy atom. The number of fused-ring (bicyclic) bond motifs is 1. The summed E-state index contributed by atoms with van der Waals surface area (Å²) in [4.78, 5) is 22.5. The van der Waals surface area contributed by atoms with Gasteiger partial charge in [-0.15, -0.1) is 22.0 Å². The highest BCUT2D eigenvalue weighted by molar-refractivity contribution is 7.98. The van der Waals surface area contributed by atoms with Crippen LogP contribution in [0.5, 0.6) is 0 Å². The molecule has 0 bridgehead atoms. The third-order valence-corrected chi connectivity index (χ3v) is 6.24. The van der Waals surface area contributed by atoms with Gasteiger partial charge in [-0.25, -0.2) is 9.97 Å². The van der Waals surface area contributed by atoms with Gasteiger partial charge in [-0.1, -0.05) is 35.9 Å². The van der Waals surface area contributed by atoms with Crippen molar-refractivity contribution in [3.63, 3.8) is 0 Å². The molecule has 5 rings (SSSR count). The van der Waals surface area contributed by atoms with Crippen LogP contribution in [-0.2, 0) is 12.3 Å². The fourth-order valence-electron chi connectivity index (χ4n) is 3.34. The Kier molecular flexibility index (Phi) is 5.70. The minimum Gasteiger partial charge on any atom is -0.291 e. The number of aromatic nitrogens is 6. The molecule has 7 nitrogen and oxygen atoms in total. The highest BCUT2D eigenvalue weighted by Crippen LogP contribution is 2.25. The number of halogens is 1. The second-order valence-corrected chi connectivity index (χ2v) is 8.52. The summed E-state index contributed by atoms with van der Waals surface area (Å²) < 4.78 is 3.44. The van der Waals surface area contributed by atoms with Crippen molar-refractivity contribution in [2.75, 3.05) is 0 Å². The quantitative estimate of drug-likeness (QED) is 0.276. The minimum atomic E-state index is -0.106. The molecule has 3 aromatic heterocycles. The molecular formula is C23H17ClN6OS. The Labute approximate surface area is 192 Å². The lowest BCUT2D eigenvalue weighted by molar-refractivity contribution is 0.691. The predicted molar refractivity (Wildman–Crippen MR) is 125 cm³/mol. The molecule has 0 spiro atoms.